The molecule has 1 heterocycles. The van der Waals surface area contributed by atoms with Crippen LogP contribution in [-0.2, 0) is 15.1 Å². The molecule has 3 rings (SSSR count). The maximum Gasteiger partial charge on any atom is 0.261 e. The van der Waals surface area contributed by atoms with Crippen LogP contribution in [0.4, 0.5) is 0 Å². The van der Waals surface area contributed by atoms with E-state index in [0.717, 1.165) is 5.56 Å². The third-order valence-electron chi connectivity index (χ3n) is 5.50. The summed E-state index contributed by atoms with van der Waals surface area (Å²) < 4.78 is 5.76. The topological polar surface area (TPSA) is 75.7 Å². The van der Waals surface area contributed by atoms with Gasteiger partial charge in [0.25, 0.3) is 11.8 Å². The standard InChI is InChI=1S/C23H26N2O4/c1-3-23(29-2,17-10-5-4-6-11-17)16-24-20(26)14-9-15-25-21(27)18-12-7-8-13-19(18)22(25)28/h4-8,10-13H,3,9,14-16H2,1-2H3,(H,24,26). The lowest BCUT2D eigenvalue weighted by atomic mass is 9.90. The molecule has 2 aromatic rings. The Hall–Kier alpha value is -2.99. The highest BCUT2D eigenvalue weighted by Crippen LogP contribution is 2.28. The molecule has 0 aliphatic carbocycles. The average molecular weight is 394 g/mol. The predicted molar refractivity (Wildman–Crippen MR) is 109 cm³/mol. The Morgan fingerprint density at radius 1 is 1.00 bits per heavy atom. The number of nitrogens with one attached hydrogen (secondary N) is 1. The van der Waals surface area contributed by atoms with Gasteiger partial charge in [0.15, 0.2) is 0 Å². The molecule has 0 aromatic heterocycles. The molecule has 0 bridgehead atoms. The summed E-state index contributed by atoms with van der Waals surface area (Å²) in [6.07, 6.45) is 1.35. The molecule has 2 aromatic carbocycles. The van der Waals surface area contributed by atoms with E-state index in [0.29, 0.717) is 30.5 Å². The molecule has 1 aliphatic rings. The van der Waals surface area contributed by atoms with Gasteiger partial charge in [-0.05, 0) is 30.5 Å². The Kier molecular flexibility index (Phi) is 6.44. The smallest absolute Gasteiger partial charge is 0.261 e. The van der Waals surface area contributed by atoms with E-state index in [4.69, 9.17) is 4.74 Å². The van der Waals surface area contributed by atoms with E-state index in [1.165, 1.54) is 4.90 Å². The number of fused-ring (bicyclic) bond motifs is 1. The van der Waals surface area contributed by atoms with E-state index in [1.807, 2.05) is 37.3 Å². The van der Waals surface area contributed by atoms with Gasteiger partial charge in [-0.25, -0.2) is 0 Å². The maximum absolute atomic E-state index is 12.4. The van der Waals surface area contributed by atoms with Crippen LogP contribution in [0.1, 0.15) is 52.5 Å². The number of ether oxygens (including phenoxy) is 1. The Bertz CT molecular complexity index is 856. The first kappa shape index (κ1) is 20.7. The molecule has 6 heteroatoms. The Morgan fingerprint density at radius 2 is 1.59 bits per heavy atom. The van der Waals surface area contributed by atoms with Gasteiger partial charge in [0, 0.05) is 20.1 Å². The van der Waals surface area contributed by atoms with Gasteiger partial charge >= 0.3 is 0 Å². The van der Waals surface area contributed by atoms with Crippen LogP contribution in [0.25, 0.3) is 0 Å². The third-order valence-corrected chi connectivity index (χ3v) is 5.50. The van der Waals surface area contributed by atoms with Crippen LogP contribution in [-0.4, -0.2) is 42.8 Å². The molecule has 6 nitrogen and oxygen atoms in total. The van der Waals surface area contributed by atoms with Crippen molar-refractivity contribution in [2.24, 2.45) is 0 Å². The van der Waals surface area contributed by atoms with Crippen molar-refractivity contribution in [3.05, 3.63) is 71.3 Å². The summed E-state index contributed by atoms with van der Waals surface area (Å²) in [6, 6.07) is 16.6. The highest BCUT2D eigenvalue weighted by Gasteiger charge is 2.35. The molecule has 0 saturated heterocycles. The fourth-order valence-corrected chi connectivity index (χ4v) is 3.68. The highest BCUT2D eigenvalue weighted by atomic mass is 16.5. The van der Waals surface area contributed by atoms with Crippen LogP contribution < -0.4 is 5.32 Å². The predicted octanol–water partition coefficient (Wildman–Crippen LogP) is 3.13. The molecule has 152 valence electrons. The first-order valence-corrected chi connectivity index (χ1v) is 9.85. The van der Waals surface area contributed by atoms with E-state index in [-0.39, 0.29) is 30.7 Å². The minimum absolute atomic E-state index is 0.132. The summed E-state index contributed by atoms with van der Waals surface area (Å²) in [7, 11) is 1.64. The molecule has 0 fully saturated rings. The lowest BCUT2D eigenvalue weighted by molar-refractivity contribution is -0.123. The second-order valence-electron chi connectivity index (χ2n) is 7.11. The number of hydrogen-bond acceptors (Lipinski definition) is 4. The van der Waals surface area contributed by atoms with E-state index < -0.39 is 5.60 Å². The zero-order valence-electron chi connectivity index (χ0n) is 16.8. The lowest BCUT2D eigenvalue weighted by Crippen LogP contribution is -2.42. The zero-order chi connectivity index (χ0) is 20.9. The molecule has 1 N–H and O–H groups in total. The quantitative estimate of drug-likeness (QED) is 0.663. The van der Waals surface area contributed by atoms with Crippen LogP contribution in [0.15, 0.2) is 54.6 Å². The maximum atomic E-state index is 12.4. The Balaban J connectivity index is 1.52. The van der Waals surface area contributed by atoms with E-state index in [2.05, 4.69) is 5.32 Å². The van der Waals surface area contributed by atoms with Gasteiger partial charge in [-0.2, -0.15) is 0 Å². The Labute approximate surface area is 170 Å². The van der Waals surface area contributed by atoms with Crippen molar-refractivity contribution in [2.45, 2.75) is 31.8 Å². The molecular weight excluding hydrogens is 368 g/mol. The van der Waals surface area contributed by atoms with Gasteiger partial charge in [0.2, 0.25) is 5.91 Å². The largest absolute Gasteiger partial charge is 0.372 e. The summed E-state index contributed by atoms with van der Waals surface area (Å²) in [5, 5.41) is 2.94. The van der Waals surface area contributed by atoms with Crippen molar-refractivity contribution >= 4 is 17.7 Å². The van der Waals surface area contributed by atoms with Crippen LogP contribution in [0.3, 0.4) is 0 Å². The van der Waals surface area contributed by atoms with Gasteiger partial charge < -0.3 is 10.1 Å². The lowest BCUT2D eigenvalue weighted by Gasteiger charge is -2.32. The minimum Gasteiger partial charge on any atom is -0.372 e. The van der Waals surface area contributed by atoms with Gasteiger partial charge in [0.1, 0.15) is 5.60 Å². The first-order valence-electron chi connectivity index (χ1n) is 9.85. The molecule has 1 unspecified atom stereocenters. The number of carbonyl (C=O) groups is 3. The number of imide groups is 1. The van der Waals surface area contributed by atoms with E-state index in [9.17, 15) is 14.4 Å². The molecule has 1 aliphatic heterocycles. The summed E-state index contributed by atoms with van der Waals surface area (Å²) in [4.78, 5) is 38.3. The van der Waals surface area contributed by atoms with Crippen molar-refractivity contribution in [2.75, 3.05) is 20.2 Å². The normalized spacial score (nSPS) is 15.2. The number of nitrogens with zero attached hydrogens (tertiary/aromatic N) is 1. The van der Waals surface area contributed by atoms with Gasteiger partial charge in [-0.3, -0.25) is 19.3 Å². The number of methoxy groups -OCH3 is 1. The van der Waals surface area contributed by atoms with Gasteiger partial charge in [0.05, 0.1) is 17.7 Å². The fraction of sp³-hybridized carbons (Fsp3) is 0.348. The molecule has 1 atom stereocenters. The molecule has 29 heavy (non-hydrogen) atoms. The van der Waals surface area contributed by atoms with Crippen molar-refractivity contribution in [3.63, 3.8) is 0 Å². The SMILES string of the molecule is CCC(CNC(=O)CCCN1C(=O)c2ccccc2C1=O)(OC)c1ccccc1. The summed E-state index contributed by atoms with van der Waals surface area (Å²) >= 11 is 0. The average Bonchev–Trinajstić information content (AvgIpc) is 3.01. The fourth-order valence-electron chi connectivity index (χ4n) is 3.68. The first-order chi connectivity index (χ1) is 14.0. The van der Waals surface area contributed by atoms with E-state index >= 15 is 0 Å². The summed E-state index contributed by atoms with van der Waals surface area (Å²) in [5.74, 6) is -0.716. The Morgan fingerprint density at radius 3 is 2.14 bits per heavy atom. The van der Waals surface area contributed by atoms with Crippen molar-refractivity contribution in [1.82, 2.24) is 10.2 Å². The molecular formula is C23H26N2O4. The van der Waals surface area contributed by atoms with Crippen LogP contribution >= 0.6 is 0 Å². The van der Waals surface area contributed by atoms with Crippen molar-refractivity contribution < 1.29 is 19.1 Å². The summed E-state index contributed by atoms with van der Waals surface area (Å²) in [6.45, 7) is 2.60. The molecule has 0 spiro atoms. The zero-order valence-corrected chi connectivity index (χ0v) is 16.8. The third kappa shape index (κ3) is 4.22. The number of amides is 3. The molecule has 0 radical (unpaired) electrons. The number of rotatable bonds is 9. The van der Waals surface area contributed by atoms with Gasteiger partial charge in [-0.1, -0.05) is 49.4 Å². The minimum atomic E-state index is -0.584. The van der Waals surface area contributed by atoms with Crippen LogP contribution in [0.2, 0.25) is 0 Å². The monoisotopic (exact) mass is 394 g/mol. The van der Waals surface area contributed by atoms with Gasteiger partial charge in [-0.15, -0.1) is 0 Å². The number of benzene rings is 2. The van der Waals surface area contributed by atoms with E-state index in [1.54, 1.807) is 31.4 Å². The molecule has 3 amide bonds. The summed E-state index contributed by atoms with van der Waals surface area (Å²) in [5.41, 5.74) is 1.28. The second kappa shape index (κ2) is 9.01. The number of hydrogen-bond donors (Lipinski definition) is 1. The highest BCUT2D eigenvalue weighted by molar-refractivity contribution is 6.21. The van der Waals surface area contributed by atoms with Crippen molar-refractivity contribution in [3.8, 4) is 0 Å². The number of carbonyl (C=O) groups excluding carboxylic acids is 3. The van der Waals surface area contributed by atoms with Crippen LogP contribution in [0.5, 0.6) is 0 Å². The molecule has 0 saturated carbocycles. The van der Waals surface area contributed by atoms with Crippen LogP contribution in [0, 0.1) is 0 Å². The second-order valence-corrected chi connectivity index (χ2v) is 7.11. The van der Waals surface area contributed by atoms with Crippen molar-refractivity contribution in [1.29, 1.82) is 0 Å².